The predicted molar refractivity (Wildman–Crippen MR) is 86.8 cm³/mol. The molecule has 0 spiro atoms. The second kappa shape index (κ2) is 6.07. The number of hydrogen-bond donors (Lipinski definition) is 0. The van der Waals surface area contributed by atoms with Crippen molar-refractivity contribution < 1.29 is 9.21 Å². The standard InChI is InChI=1S/C18H28N2O2/c1-12-9-15(12)17-7-5-14(22-17)6-8-18(21)20-10-13(2)16(11-20)19(3)4/h5,7,12-13,15-16H,6,8-11H2,1-4H3/t12-,13-,15+,16-/m1/s1. The third kappa shape index (κ3) is 3.22. The van der Waals surface area contributed by atoms with Crippen LogP contribution in [-0.4, -0.2) is 48.9 Å². The van der Waals surface area contributed by atoms with E-state index in [-0.39, 0.29) is 5.91 Å². The highest BCUT2D eigenvalue weighted by Gasteiger charge is 2.37. The lowest BCUT2D eigenvalue weighted by molar-refractivity contribution is -0.130. The van der Waals surface area contributed by atoms with Gasteiger partial charge >= 0.3 is 0 Å². The first-order valence-corrected chi connectivity index (χ1v) is 8.48. The first-order chi connectivity index (χ1) is 10.5. The molecule has 0 unspecified atom stereocenters. The third-order valence-corrected chi connectivity index (χ3v) is 5.33. The summed E-state index contributed by atoms with van der Waals surface area (Å²) in [4.78, 5) is 16.6. The van der Waals surface area contributed by atoms with Gasteiger partial charge in [0.15, 0.2) is 0 Å². The van der Waals surface area contributed by atoms with Gasteiger partial charge in [0.1, 0.15) is 11.5 Å². The van der Waals surface area contributed by atoms with Crippen LogP contribution in [0.5, 0.6) is 0 Å². The Hall–Kier alpha value is -1.29. The van der Waals surface area contributed by atoms with Crippen LogP contribution >= 0.6 is 0 Å². The maximum atomic E-state index is 12.4. The largest absolute Gasteiger partial charge is 0.466 e. The van der Waals surface area contributed by atoms with Gasteiger partial charge in [0, 0.05) is 37.9 Å². The van der Waals surface area contributed by atoms with Crippen LogP contribution < -0.4 is 0 Å². The molecule has 0 aromatic carbocycles. The quantitative estimate of drug-likeness (QED) is 0.839. The molecule has 22 heavy (non-hydrogen) atoms. The molecule has 2 heterocycles. The lowest BCUT2D eigenvalue weighted by atomic mass is 10.1. The molecular weight excluding hydrogens is 276 g/mol. The number of rotatable bonds is 5. The van der Waals surface area contributed by atoms with Crippen molar-refractivity contribution in [2.24, 2.45) is 11.8 Å². The van der Waals surface area contributed by atoms with Crippen molar-refractivity contribution in [1.29, 1.82) is 0 Å². The van der Waals surface area contributed by atoms with E-state index < -0.39 is 0 Å². The highest BCUT2D eigenvalue weighted by Crippen LogP contribution is 2.47. The van der Waals surface area contributed by atoms with Crippen LogP contribution in [0.4, 0.5) is 0 Å². The van der Waals surface area contributed by atoms with Gasteiger partial charge < -0.3 is 14.2 Å². The number of likely N-dealkylation sites (N-methyl/N-ethyl adjacent to an activating group) is 1. The Morgan fingerprint density at radius 3 is 2.59 bits per heavy atom. The molecule has 0 N–H and O–H groups in total. The summed E-state index contributed by atoms with van der Waals surface area (Å²) in [5.41, 5.74) is 0. The SMILES string of the molecule is C[C@@H]1C[C@@H]1c1ccc(CCC(=O)N2C[C@@H](C)[C@H](N(C)C)C2)o1. The van der Waals surface area contributed by atoms with E-state index in [2.05, 4.69) is 38.9 Å². The average Bonchev–Trinajstić information content (AvgIpc) is 2.91. The summed E-state index contributed by atoms with van der Waals surface area (Å²) in [7, 11) is 4.19. The van der Waals surface area contributed by atoms with Gasteiger partial charge in [0.2, 0.25) is 5.91 Å². The molecule has 0 radical (unpaired) electrons. The van der Waals surface area contributed by atoms with Crippen LogP contribution in [0.1, 0.15) is 44.1 Å². The minimum atomic E-state index is 0.258. The van der Waals surface area contributed by atoms with Gasteiger partial charge in [-0.15, -0.1) is 0 Å². The number of carbonyl (C=O) groups excluding carboxylic acids is 1. The molecule has 4 atom stereocenters. The Balaban J connectivity index is 1.49. The van der Waals surface area contributed by atoms with Gasteiger partial charge in [-0.1, -0.05) is 13.8 Å². The molecule has 1 aliphatic heterocycles. The summed E-state index contributed by atoms with van der Waals surface area (Å²) in [5.74, 6) is 4.25. The molecule has 1 aliphatic carbocycles. The second-order valence-electron chi connectivity index (χ2n) is 7.43. The molecule has 1 aromatic rings. The number of likely N-dealkylation sites (tertiary alicyclic amines) is 1. The van der Waals surface area contributed by atoms with Crippen LogP contribution in [0.25, 0.3) is 0 Å². The van der Waals surface area contributed by atoms with Gasteiger partial charge in [-0.2, -0.15) is 0 Å². The second-order valence-corrected chi connectivity index (χ2v) is 7.43. The minimum Gasteiger partial charge on any atom is -0.466 e. The maximum absolute atomic E-state index is 12.4. The Labute approximate surface area is 133 Å². The molecule has 3 rings (SSSR count). The summed E-state index contributed by atoms with van der Waals surface area (Å²) in [5, 5.41) is 0. The average molecular weight is 304 g/mol. The van der Waals surface area contributed by atoms with Crippen molar-refractivity contribution >= 4 is 5.91 Å². The van der Waals surface area contributed by atoms with E-state index in [9.17, 15) is 4.79 Å². The van der Waals surface area contributed by atoms with Crippen molar-refractivity contribution in [2.75, 3.05) is 27.2 Å². The van der Waals surface area contributed by atoms with Crippen molar-refractivity contribution in [1.82, 2.24) is 9.80 Å². The fraction of sp³-hybridized carbons (Fsp3) is 0.722. The zero-order valence-corrected chi connectivity index (χ0v) is 14.2. The molecule has 1 aromatic heterocycles. The Bertz CT molecular complexity index is 537. The molecule has 1 amide bonds. The fourth-order valence-electron chi connectivity index (χ4n) is 3.66. The molecule has 2 fully saturated rings. The van der Waals surface area contributed by atoms with Crippen LogP contribution in [-0.2, 0) is 11.2 Å². The normalized spacial score (nSPS) is 31.0. The first kappa shape index (κ1) is 15.6. The van der Waals surface area contributed by atoms with E-state index >= 15 is 0 Å². The monoisotopic (exact) mass is 304 g/mol. The van der Waals surface area contributed by atoms with E-state index in [0.29, 0.717) is 24.3 Å². The van der Waals surface area contributed by atoms with E-state index in [0.717, 1.165) is 36.9 Å². The van der Waals surface area contributed by atoms with Gasteiger partial charge in [-0.3, -0.25) is 4.79 Å². The Morgan fingerprint density at radius 2 is 2.00 bits per heavy atom. The Kier molecular flexibility index (Phi) is 4.31. The molecule has 1 saturated carbocycles. The van der Waals surface area contributed by atoms with E-state index in [1.54, 1.807) is 0 Å². The third-order valence-electron chi connectivity index (χ3n) is 5.33. The minimum absolute atomic E-state index is 0.258. The van der Waals surface area contributed by atoms with Gasteiger partial charge in [-0.25, -0.2) is 0 Å². The fourth-order valence-corrected chi connectivity index (χ4v) is 3.66. The molecule has 122 valence electrons. The van der Waals surface area contributed by atoms with Gasteiger partial charge in [0.25, 0.3) is 0 Å². The zero-order chi connectivity index (χ0) is 15.9. The number of nitrogens with zero attached hydrogens (tertiary/aromatic N) is 2. The van der Waals surface area contributed by atoms with Crippen molar-refractivity contribution in [2.45, 2.75) is 45.1 Å². The van der Waals surface area contributed by atoms with Crippen molar-refractivity contribution in [3.63, 3.8) is 0 Å². The molecule has 0 bridgehead atoms. The van der Waals surface area contributed by atoms with Gasteiger partial charge in [0.05, 0.1) is 0 Å². The zero-order valence-electron chi connectivity index (χ0n) is 14.2. The van der Waals surface area contributed by atoms with E-state index in [1.165, 1.54) is 6.42 Å². The lowest BCUT2D eigenvalue weighted by Gasteiger charge is -2.22. The van der Waals surface area contributed by atoms with Crippen molar-refractivity contribution in [3.8, 4) is 0 Å². The number of aryl methyl sites for hydroxylation is 1. The summed E-state index contributed by atoms with van der Waals surface area (Å²) in [6.45, 7) is 6.22. The summed E-state index contributed by atoms with van der Waals surface area (Å²) in [6.07, 6.45) is 2.51. The van der Waals surface area contributed by atoms with Crippen LogP contribution in [0.15, 0.2) is 16.5 Å². The topological polar surface area (TPSA) is 36.7 Å². The molecular formula is C18H28N2O2. The predicted octanol–water partition coefficient (Wildman–Crippen LogP) is 2.74. The summed E-state index contributed by atoms with van der Waals surface area (Å²) < 4.78 is 5.89. The Morgan fingerprint density at radius 1 is 1.27 bits per heavy atom. The number of furan rings is 1. The van der Waals surface area contributed by atoms with Crippen LogP contribution in [0.3, 0.4) is 0 Å². The van der Waals surface area contributed by atoms with Crippen molar-refractivity contribution in [3.05, 3.63) is 23.7 Å². The van der Waals surface area contributed by atoms with Gasteiger partial charge in [-0.05, 0) is 44.5 Å². The molecule has 2 aliphatic rings. The van der Waals surface area contributed by atoms with Crippen LogP contribution in [0.2, 0.25) is 0 Å². The summed E-state index contributed by atoms with van der Waals surface area (Å²) >= 11 is 0. The van der Waals surface area contributed by atoms with Crippen LogP contribution in [0, 0.1) is 11.8 Å². The van der Waals surface area contributed by atoms with E-state index in [4.69, 9.17) is 4.42 Å². The molecule has 4 nitrogen and oxygen atoms in total. The van der Waals surface area contributed by atoms with E-state index in [1.807, 2.05) is 11.0 Å². The number of hydrogen-bond acceptors (Lipinski definition) is 3. The lowest BCUT2D eigenvalue weighted by Crippen LogP contribution is -2.35. The summed E-state index contributed by atoms with van der Waals surface area (Å²) in [6, 6.07) is 4.62. The molecule has 4 heteroatoms. The molecule has 1 saturated heterocycles. The highest BCUT2D eigenvalue weighted by molar-refractivity contribution is 5.76. The smallest absolute Gasteiger partial charge is 0.223 e. The number of amides is 1. The maximum Gasteiger partial charge on any atom is 0.223 e. The first-order valence-electron chi connectivity index (χ1n) is 8.48. The highest BCUT2D eigenvalue weighted by atomic mass is 16.3. The number of carbonyl (C=O) groups is 1.